The van der Waals surface area contributed by atoms with Gasteiger partial charge in [0.05, 0.1) is 35.5 Å². The van der Waals surface area contributed by atoms with Crippen LogP contribution in [0.4, 0.5) is 0 Å². The maximum absolute atomic E-state index is 12.5. The Kier molecular flexibility index (Phi) is 3.04. The van der Waals surface area contributed by atoms with Gasteiger partial charge >= 0.3 is 0 Å². The molecule has 7 heteroatoms. The second-order valence-electron chi connectivity index (χ2n) is 4.52. The molecule has 1 aliphatic rings. The standard InChI is InChI=1S/C12H15N3O3S/c1-14-9-13-11-8-10(2-3-12(11)14)19(16,17)15-4-6-18-7-5-15/h2-3,8-9H,4-7H2,1H3. The van der Waals surface area contributed by atoms with Crippen LogP contribution in [0, 0.1) is 0 Å². The average molecular weight is 281 g/mol. The number of nitrogens with zero attached hydrogens (tertiary/aromatic N) is 3. The van der Waals surface area contributed by atoms with Gasteiger partial charge in [-0.2, -0.15) is 4.31 Å². The largest absolute Gasteiger partial charge is 0.379 e. The lowest BCUT2D eigenvalue weighted by atomic mass is 10.3. The molecule has 1 aromatic heterocycles. The molecule has 1 fully saturated rings. The minimum absolute atomic E-state index is 0.292. The molecule has 1 aliphatic heterocycles. The molecule has 0 radical (unpaired) electrons. The molecule has 3 rings (SSSR count). The molecule has 0 bridgehead atoms. The van der Waals surface area contributed by atoms with Gasteiger partial charge in [-0.15, -0.1) is 0 Å². The first kappa shape index (κ1) is 12.6. The third kappa shape index (κ3) is 2.13. The van der Waals surface area contributed by atoms with Gasteiger partial charge in [-0.1, -0.05) is 0 Å². The number of imidazole rings is 1. The van der Waals surface area contributed by atoms with Crippen LogP contribution in [0.25, 0.3) is 11.0 Å². The Balaban J connectivity index is 2.02. The highest BCUT2D eigenvalue weighted by molar-refractivity contribution is 7.89. The summed E-state index contributed by atoms with van der Waals surface area (Å²) in [7, 11) is -1.56. The second kappa shape index (κ2) is 4.59. The number of aryl methyl sites for hydroxylation is 1. The molecular weight excluding hydrogens is 266 g/mol. The van der Waals surface area contributed by atoms with Gasteiger partial charge in [0.15, 0.2) is 0 Å². The van der Waals surface area contributed by atoms with Gasteiger partial charge < -0.3 is 9.30 Å². The lowest BCUT2D eigenvalue weighted by molar-refractivity contribution is 0.0730. The van der Waals surface area contributed by atoms with Crippen molar-refractivity contribution in [1.82, 2.24) is 13.9 Å². The molecule has 6 nitrogen and oxygen atoms in total. The van der Waals surface area contributed by atoms with E-state index in [4.69, 9.17) is 4.74 Å². The van der Waals surface area contributed by atoms with Crippen molar-refractivity contribution in [3.8, 4) is 0 Å². The first-order valence-corrected chi connectivity index (χ1v) is 7.52. The van der Waals surface area contributed by atoms with Crippen LogP contribution in [-0.4, -0.2) is 48.6 Å². The minimum atomic E-state index is -3.44. The van der Waals surface area contributed by atoms with Crippen molar-refractivity contribution in [2.45, 2.75) is 4.90 Å². The zero-order valence-electron chi connectivity index (χ0n) is 10.6. The summed E-state index contributed by atoms with van der Waals surface area (Å²) in [5.41, 5.74) is 1.61. The molecule has 19 heavy (non-hydrogen) atoms. The molecule has 2 aromatic rings. The number of benzene rings is 1. The summed E-state index contributed by atoms with van der Waals surface area (Å²) in [6.07, 6.45) is 1.68. The van der Waals surface area contributed by atoms with E-state index in [1.54, 1.807) is 24.5 Å². The Labute approximate surface area is 111 Å². The highest BCUT2D eigenvalue weighted by atomic mass is 32.2. The van der Waals surface area contributed by atoms with E-state index in [0.29, 0.717) is 36.7 Å². The first-order valence-electron chi connectivity index (χ1n) is 6.08. The van der Waals surface area contributed by atoms with Crippen molar-refractivity contribution in [2.75, 3.05) is 26.3 Å². The maximum Gasteiger partial charge on any atom is 0.243 e. The molecule has 0 spiro atoms. The number of morpholine rings is 1. The lowest BCUT2D eigenvalue weighted by Gasteiger charge is -2.26. The fraction of sp³-hybridized carbons (Fsp3) is 0.417. The summed E-state index contributed by atoms with van der Waals surface area (Å²) in [5.74, 6) is 0. The Morgan fingerprint density at radius 2 is 2.00 bits per heavy atom. The van der Waals surface area contributed by atoms with E-state index in [0.717, 1.165) is 5.52 Å². The van der Waals surface area contributed by atoms with Gasteiger partial charge in [0.25, 0.3) is 0 Å². The third-order valence-corrected chi connectivity index (χ3v) is 5.20. The smallest absolute Gasteiger partial charge is 0.243 e. The van der Waals surface area contributed by atoms with E-state index in [1.807, 2.05) is 11.6 Å². The first-order chi connectivity index (χ1) is 9.09. The van der Waals surface area contributed by atoms with Gasteiger partial charge in [-0.05, 0) is 18.2 Å². The Hall–Kier alpha value is -1.44. The van der Waals surface area contributed by atoms with Crippen LogP contribution in [0.1, 0.15) is 0 Å². The molecule has 0 unspecified atom stereocenters. The van der Waals surface area contributed by atoms with Crippen molar-refractivity contribution in [1.29, 1.82) is 0 Å². The number of hydrogen-bond acceptors (Lipinski definition) is 4. The van der Waals surface area contributed by atoms with Crippen molar-refractivity contribution >= 4 is 21.1 Å². The summed E-state index contributed by atoms with van der Waals surface area (Å²) >= 11 is 0. The molecule has 1 saturated heterocycles. The SMILES string of the molecule is Cn1cnc2cc(S(=O)(=O)N3CCOCC3)ccc21. The van der Waals surface area contributed by atoms with Crippen molar-refractivity contribution in [2.24, 2.45) is 7.05 Å². The Morgan fingerprint density at radius 1 is 1.26 bits per heavy atom. The monoisotopic (exact) mass is 281 g/mol. The summed E-state index contributed by atoms with van der Waals surface area (Å²) in [6.45, 7) is 1.71. The van der Waals surface area contributed by atoms with Crippen molar-refractivity contribution in [3.05, 3.63) is 24.5 Å². The van der Waals surface area contributed by atoms with Crippen molar-refractivity contribution in [3.63, 3.8) is 0 Å². The Morgan fingerprint density at radius 3 is 2.74 bits per heavy atom. The molecule has 1 aromatic carbocycles. The molecule has 0 saturated carbocycles. The lowest BCUT2D eigenvalue weighted by Crippen LogP contribution is -2.40. The molecule has 0 amide bonds. The van der Waals surface area contributed by atoms with Crippen LogP contribution in [0.3, 0.4) is 0 Å². The summed E-state index contributed by atoms with van der Waals surface area (Å²) in [6, 6.07) is 5.05. The number of fused-ring (bicyclic) bond motifs is 1. The van der Waals surface area contributed by atoms with Gasteiger partial charge in [-0.25, -0.2) is 13.4 Å². The zero-order chi connectivity index (χ0) is 13.5. The summed E-state index contributed by atoms with van der Waals surface area (Å²) in [4.78, 5) is 4.49. The van der Waals surface area contributed by atoms with Crippen LogP contribution in [0.2, 0.25) is 0 Å². The molecule has 0 atom stereocenters. The quantitative estimate of drug-likeness (QED) is 0.808. The predicted molar refractivity (Wildman–Crippen MR) is 70.3 cm³/mol. The number of aromatic nitrogens is 2. The normalized spacial score (nSPS) is 17.9. The fourth-order valence-electron chi connectivity index (χ4n) is 2.21. The fourth-order valence-corrected chi connectivity index (χ4v) is 3.64. The van der Waals surface area contributed by atoms with E-state index in [9.17, 15) is 8.42 Å². The second-order valence-corrected chi connectivity index (χ2v) is 6.46. The van der Waals surface area contributed by atoms with Crippen molar-refractivity contribution < 1.29 is 13.2 Å². The van der Waals surface area contributed by atoms with E-state index in [-0.39, 0.29) is 0 Å². The molecule has 0 aliphatic carbocycles. The van der Waals surface area contributed by atoms with Crippen LogP contribution in [0.5, 0.6) is 0 Å². The third-order valence-electron chi connectivity index (χ3n) is 3.30. The van der Waals surface area contributed by atoms with E-state index in [1.165, 1.54) is 4.31 Å². The highest BCUT2D eigenvalue weighted by Crippen LogP contribution is 2.21. The zero-order valence-corrected chi connectivity index (χ0v) is 11.4. The highest BCUT2D eigenvalue weighted by Gasteiger charge is 2.26. The van der Waals surface area contributed by atoms with Crippen LogP contribution < -0.4 is 0 Å². The number of ether oxygens (including phenoxy) is 1. The number of sulfonamides is 1. The number of rotatable bonds is 2. The topological polar surface area (TPSA) is 64.4 Å². The van der Waals surface area contributed by atoms with Gasteiger partial charge in [0.2, 0.25) is 10.0 Å². The minimum Gasteiger partial charge on any atom is -0.379 e. The molecule has 0 N–H and O–H groups in total. The summed E-state index contributed by atoms with van der Waals surface area (Å²) in [5, 5.41) is 0. The van der Waals surface area contributed by atoms with E-state index < -0.39 is 10.0 Å². The van der Waals surface area contributed by atoms with E-state index >= 15 is 0 Å². The van der Waals surface area contributed by atoms with Gasteiger partial charge in [0.1, 0.15) is 0 Å². The van der Waals surface area contributed by atoms with Crippen LogP contribution in [0.15, 0.2) is 29.4 Å². The Bertz CT molecular complexity index is 702. The van der Waals surface area contributed by atoms with E-state index in [2.05, 4.69) is 4.98 Å². The predicted octanol–water partition coefficient (Wildman–Crippen LogP) is 0.594. The van der Waals surface area contributed by atoms with Gasteiger partial charge in [0, 0.05) is 20.1 Å². The number of hydrogen-bond donors (Lipinski definition) is 0. The maximum atomic E-state index is 12.5. The van der Waals surface area contributed by atoms with Gasteiger partial charge in [-0.3, -0.25) is 0 Å². The molecule has 2 heterocycles. The molecular formula is C12H15N3O3S. The average Bonchev–Trinajstić information content (AvgIpc) is 2.81. The summed E-state index contributed by atoms with van der Waals surface area (Å²) < 4.78 is 33.5. The van der Waals surface area contributed by atoms with Crippen LogP contribution >= 0.6 is 0 Å². The molecule has 102 valence electrons. The van der Waals surface area contributed by atoms with Crippen LogP contribution in [-0.2, 0) is 21.8 Å².